The lowest BCUT2D eigenvalue weighted by molar-refractivity contribution is -0.147. The van der Waals surface area contributed by atoms with Crippen molar-refractivity contribution in [3.8, 4) is 0 Å². The minimum atomic E-state index is -0.984. The molecule has 3 rings (SSSR count). The van der Waals surface area contributed by atoms with E-state index >= 15 is 0 Å². The van der Waals surface area contributed by atoms with Gasteiger partial charge in [0.1, 0.15) is 6.54 Å². The molecule has 32 heavy (non-hydrogen) atoms. The van der Waals surface area contributed by atoms with E-state index < -0.39 is 36.8 Å². The molecule has 0 bridgehead atoms. The molecule has 1 N–H and O–H groups in total. The number of amides is 3. The van der Waals surface area contributed by atoms with Gasteiger partial charge in [-0.05, 0) is 37.1 Å². The van der Waals surface area contributed by atoms with Crippen LogP contribution in [0.4, 0.5) is 5.69 Å². The third-order valence-corrected chi connectivity index (χ3v) is 7.61. The van der Waals surface area contributed by atoms with Gasteiger partial charge in [-0.1, -0.05) is 62.3 Å². The number of hydrogen-bond donors (Lipinski definition) is 1. The Labute approximate surface area is 211 Å². The second kappa shape index (κ2) is 9.57. The zero-order chi connectivity index (χ0) is 23.9. The third kappa shape index (κ3) is 4.61. The van der Waals surface area contributed by atoms with Crippen LogP contribution in [0.1, 0.15) is 31.8 Å². The lowest BCUT2D eigenvalue weighted by atomic mass is 10.1. The smallest absolute Gasteiger partial charge is 0.326 e. The Morgan fingerprint density at radius 2 is 1.41 bits per heavy atom. The van der Waals surface area contributed by atoms with Crippen LogP contribution in [0.15, 0.2) is 16.6 Å². The standard InChI is InChI=1S/C20H13BrCl4N2O5/c1-7-3-9(4-8(2)14(7)21)26-10(28)6-32-11(29)5-27-19(30)12-13(20(27)31)16(23)18(25)17(24)15(12)22/h3-4H,5-6H2,1-2H3,(H,26,28). The van der Waals surface area contributed by atoms with Crippen molar-refractivity contribution < 1.29 is 23.9 Å². The zero-order valence-electron chi connectivity index (χ0n) is 16.4. The predicted molar refractivity (Wildman–Crippen MR) is 125 cm³/mol. The molecule has 7 nitrogen and oxygen atoms in total. The zero-order valence-corrected chi connectivity index (χ0v) is 21.1. The first kappa shape index (κ1) is 24.8. The number of aryl methyl sites for hydroxylation is 2. The number of nitrogens with one attached hydrogen (secondary N) is 1. The van der Waals surface area contributed by atoms with E-state index in [1.807, 2.05) is 13.8 Å². The molecule has 0 saturated carbocycles. The molecule has 0 aliphatic carbocycles. The molecule has 0 radical (unpaired) electrons. The summed E-state index contributed by atoms with van der Waals surface area (Å²) in [4.78, 5) is 50.1. The molecule has 1 aliphatic rings. The summed E-state index contributed by atoms with van der Waals surface area (Å²) in [6, 6.07) is 3.50. The number of anilines is 1. The molecule has 0 fully saturated rings. The third-order valence-electron chi connectivity index (χ3n) is 4.56. The molecule has 2 aromatic carbocycles. The number of esters is 1. The summed E-state index contributed by atoms with van der Waals surface area (Å²) in [5, 5.41) is 1.75. The second-order valence-corrected chi connectivity index (χ2v) is 9.14. The van der Waals surface area contributed by atoms with Gasteiger partial charge in [0.15, 0.2) is 6.61 Å². The van der Waals surface area contributed by atoms with Crippen LogP contribution in [0.5, 0.6) is 0 Å². The molecule has 0 spiro atoms. The summed E-state index contributed by atoms with van der Waals surface area (Å²) in [6.07, 6.45) is 0. The van der Waals surface area contributed by atoms with E-state index in [-0.39, 0.29) is 31.2 Å². The number of ether oxygens (including phenoxy) is 1. The van der Waals surface area contributed by atoms with Crippen LogP contribution in [0.25, 0.3) is 0 Å². The van der Waals surface area contributed by atoms with Gasteiger partial charge < -0.3 is 10.1 Å². The molecule has 0 atom stereocenters. The highest BCUT2D eigenvalue weighted by Crippen LogP contribution is 2.44. The minimum Gasteiger partial charge on any atom is -0.454 e. The van der Waals surface area contributed by atoms with Gasteiger partial charge >= 0.3 is 5.97 Å². The lowest BCUT2D eigenvalue weighted by Crippen LogP contribution is -2.36. The van der Waals surface area contributed by atoms with Gasteiger partial charge in [0.2, 0.25) is 0 Å². The van der Waals surface area contributed by atoms with Crippen LogP contribution in [-0.2, 0) is 14.3 Å². The Bertz CT molecular complexity index is 1130. The molecule has 1 aliphatic heterocycles. The highest BCUT2D eigenvalue weighted by atomic mass is 79.9. The first-order valence-electron chi connectivity index (χ1n) is 8.88. The fourth-order valence-corrected chi connectivity index (χ4v) is 4.32. The lowest BCUT2D eigenvalue weighted by Gasteiger charge is -2.13. The number of carbonyl (C=O) groups is 4. The number of imide groups is 1. The van der Waals surface area contributed by atoms with E-state index in [1.54, 1.807) is 12.1 Å². The summed E-state index contributed by atoms with van der Waals surface area (Å²) in [6.45, 7) is 2.37. The minimum absolute atomic E-state index is 0.183. The van der Waals surface area contributed by atoms with E-state index in [4.69, 9.17) is 51.1 Å². The van der Waals surface area contributed by atoms with Gasteiger partial charge in [0.05, 0.1) is 31.2 Å². The summed E-state index contributed by atoms with van der Waals surface area (Å²) in [7, 11) is 0. The Balaban J connectivity index is 1.65. The average molecular weight is 583 g/mol. The van der Waals surface area contributed by atoms with Gasteiger partial charge in [0.25, 0.3) is 17.7 Å². The molecule has 2 aromatic rings. The van der Waals surface area contributed by atoms with Crippen molar-refractivity contribution >= 4 is 91.7 Å². The SMILES string of the molecule is Cc1cc(NC(=O)COC(=O)CN2C(=O)c3c(Cl)c(Cl)c(Cl)c(Cl)c3C2=O)cc(C)c1Br. The average Bonchev–Trinajstić information content (AvgIpc) is 2.97. The van der Waals surface area contributed by atoms with E-state index in [1.165, 1.54) is 0 Å². The largest absolute Gasteiger partial charge is 0.454 e. The highest BCUT2D eigenvalue weighted by molar-refractivity contribution is 9.10. The fraction of sp³-hybridized carbons (Fsp3) is 0.200. The fourth-order valence-electron chi connectivity index (χ4n) is 3.07. The summed E-state index contributed by atoms with van der Waals surface area (Å²) in [5.74, 6) is -3.33. The summed E-state index contributed by atoms with van der Waals surface area (Å²) in [5.41, 5.74) is 1.87. The number of rotatable bonds is 5. The van der Waals surface area contributed by atoms with Gasteiger partial charge in [-0.2, -0.15) is 0 Å². The van der Waals surface area contributed by atoms with E-state index in [9.17, 15) is 19.2 Å². The van der Waals surface area contributed by atoms with Crippen molar-refractivity contribution in [3.63, 3.8) is 0 Å². The Kier molecular flexibility index (Phi) is 7.41. The number of hydrogen-bond acceptors (Lipinski definition) is 5. The highest BCUT2D eigenvalue weighted by Gasteiger charge is 2.42. The van der Waals surface area contributed by atoms with Crippen molar-refractivity contribution in [2.45, 2.75) is 13.8 Å². The maximum Gasteiger partial charge on any atom is 0.326 e. The predicted octanol–water partition coefficient (Wildman–Crippen LogP) is 5.46. The number of nitrogens with zero attached hydrogens (tertiary/aromatic N) is 1. The normalized spacial score (nSPS) is 12.8. The van der Waals surface area contributed by atoms with E-state index in [2.05, 4.69) is 21.2 Å². The molecule has 0 aromatic heterocycles. The van der Waals surface area contributed by atoms with Crippen molar-refractivity contribution in [2.24, 2.45) is 0 Å². The monoisotopic (exact) mass is 580 g/mol. The van der Waals surface area contributed by atoms with Gasteiger partial charge in [-0.3, -0.25) is 24.1 Å². The molecular formula is C20H13BrCl4N2O5. The van der Waals surface area contributed by atoms with Gasteiger partial charge in [-0.15, -0.1) is 0 Å². The molecule has 12 heteroatoms. The quantitative estimate of drug-likeness (QED) is 0.219. The van der Waals surface area contributed by atoms with Gasteiger partial charge in [0, 0.05) is 10.2 Å². The number of halogens is 5. The van der Waals surface area contributed by atoms with Crippen LogP contribution in [0.3, 0.4) is 0 Å². The molecular weight excluding hydrogens is 570 g/mol. The first-order valence-corrected chi connectivity index (χ1v) is 11.2. The summed E-state index contributed by atoms with van der Waals surface area (Å²) >= 11 is 27.4. The van der Waals surface area contributed by atoms with Crippen molar-refractivity contribution in [1.82, 2.24) is 4.90 Å². The van der Waals surface area contributed by atoms with E-state index in [0.717, 1.165) is 15.6 Å². The Morgan fingerprint density at radius 3 is 1.88 bits per heavy atom. The molecule has 1 heterocycles. The topological polar surface area (TPSA) is 92.8 Å². The van der Waals surface area contributed by atoms with Crippen LogP contribution in [0, 0.1) is 13.8 Å². The van der Waals surface area contributed by atoms with Crippen LogP contribution < -0.4 is 5.32 Å². The van der Waals surface area contributed by atoms with Crippen molar-refractivity contribution in [2.75, 3.05) is 18.5 Å². The molecule has 168 valence electrons. The van der Waals surface area contributed by atoms with Crippen molar-refractivity contribution in [1.29, 1.82) is 0 Å². The Hall–Kier alpha value is -1.84. The number of benzene rings is 2. The van der Waals surface area contributed by atoms with Gasteiger partial charge in [-0.25, -0.2) is 0 Å². The molecule has 0 saturated heterocycles. The van der Waals surface area contributed by atoms with Crippen LogP contribution in [0.2, 0.25) is 20.1 Å². The molecule has 0 unspecified atom stereocenters. The van der Waals surface area contributed by atoms with Crippen LogP contribution >= 0.6 is 62.3 Å². The maximum absolute atomic E-state index is 12.6. The van der Waals surface area contributed by atoms with E-state index in [0.29, 0.717) is 10.6 Å². The first-order chi connectivity index (χ1) is 14.9. The number of carbonyl (C=O) groups excluding carboxylic acids is 4. The maximum atomic E-state index is 12.6. The Morgan fingerprint density at radius 1 is 0.938 bits per heavy atom. The van der Waals surface area contributed by atoms with Crippen LogP contribution in [-0.4, -0.2) is 41.7 Å². The summed E-state index contributed by atoms with van der Waals surface area (Å²) < 4.78 is 5.82. The number of fused-ring (bicyclic) bond motifs is 1. The van der Waals surface area contributed by atoms with Crippen molar-refractivity contribution in [3.05, 3.63) is 58.9 Å². The second-order valence-electron chi connectivity index (χ2n) is 6.84. The molecule has 3 amide bonds.